The van der Waals surface area contributed by atoms with E-state index in [1.807, 2.05) is 0 Å². The molecule has 23 heavy (non-hydrogen) atoms. The molecule has 0 spiro atoms. The summed E-state index contributed by atoms with van der Waals surface area (Å²) in [5.41, 5.74) is -0.977. The molecule has 0 aliphatic heterocycles. The van der Waals surface area contributed by atoms with E-state index in [2.05, 4.69) is 10.1 Å². The van der Waals surface area contributed by atoms with E-state index in [9.17, 15) is 22.4 Å². The maximum absolute atomic E-state index is 13.0. The molecule has 10 heteroatoms. The SMILES string of the molecule is COc1cc(-c2ncn(C=C(F)C(=O)O)n2)cc(C(F)(F)F)c1. The minimum Gasteiger partial charge on any atom is -0.497 e. The number of benzene rings is 1. The molecule has 1 heterocycles. The highest BCUT2D eigenvalue weighted by atomic mass is 19.4. The molecule has 1 aromatic heterocycles. The topological polar surface area (TPSA) is 77.2 Å². The molecule has 1 N–H and O–H groups in total. The highest BCUT2D eigenvalue weighted by Crippen LogP contribution is 2.34. The fourth-order valence-corrected chi connectivity index (χ4v) is 1.65. The second-order valence-electron chi connectivity index (χ2n) is 4.28. The van der Waals surface area contributed by atoms with E-state index in [0.29, 0.717) is 6.20 Å². The molecule has 0 atom stereocenters. The van der Waals surface area contributed by atoms with Crippen molar-refractivity contribution < 1.29 is 32.2 Å². The molecule has 0 bridgehead atoms. The third-order valence-electron chi connectivity index (χ3n) is 2.69. The molecule has 0 aliphatic carbocycles. The molecule has 0 radical (unpaired) electrons. The minimum atomic E-state index is -4.60. The number of carbonyl (C=O) groups is 1. The first kappa shape index (κ1) is 16.5. The number of ether oxygens (including phenoxy) is 1. The van der Waals surface area contributed by atoms with Gasteiger partial charge in [-0.05, 0) is 18.2 Å². The van der Waals surface area contributed by atoms with Crippen LogP contribution in [-0.4, -0.2) is 33.0 Å². The van der Waals surface area contributed by atoms with Crippen LogP contribution >= 0.6 is 0 Å². The van der Waals surface area contributed by atoms with Gasteiger partial charge in [0.25, 0.3) is 0 Å². The molecule has 122 valence electrons. The van der Waals surface area contributed by atoms with Gasteiger partial charge in [-0.25, -0.2) is 14.5 Å². The maximum Gasteiger partial charge on any atom is 0.416 e. The molecule has 2 aromatic rings. The molecule has 6 nitrogen and oxygen atoms in total. The summed E-state index contributed by atoms with van der Waals surface area (Å²) in [6.45, 7) is 0. The van der Waals surface area contributed by atoms with Crippen LogP contribution in [0, 0.1) is 0 Å². The summed E-state index contributed by atoms with van der Waals surface area (Å²) < 4.78 is 57.0. The van der Waals surface area contributed by atoms with Gasteiger partial charge in [0.2, 0.25) is 5.83 Å². The van der Waals surface area contributed by atoms with E-state index in [1.54, 1.807) is 0 Å². The number of methoxy groups -OCH3 is 1. The normalized spacial score (nSPS) is 12.3. The van der Waals surface area contributed by atoms with E-state index in [0.717, 1.165) is 23.1 Å². The van der Waals surface area contributed by atoms with Crippen molar-refractivity contribution in [2.45, 2.75) is 6.18 Å². The lowest BCUT2D eigenvalue weighted by Gasteiger charge is -2.10. The Bertz CT molecular complexity index is 768. The van der Waals surface area contributed by atoms with Crippen LogP contribution in [-0.2, 0) is 11.0 Å². The van der Waals surface area contributed by atoms with Crippen molar-refractivity contribution in [2.75, 3.05) is 7.11 Å². The first-order chi connectivity index (χ1) is 10.7. The molecular formula is C13H9F4N3O3. The zero-order valence-corrected chi connectivity index (χ0v) is 11.5. The third-order valence-corrected chi connectivity index (χ3v) is 2.69. The Morgan fingerprint density at radius 2 is 2.04 bits per heavy atom. The number of rotatable bonds is 4. The van der Waals surface area contributed by atoms with Crippen LogP contribution < -0.4 is 4.74 Å². The fourth-order valence-electron chi connectivity index (χ4n) is 1.65. The Morgan fingerprint density at radius 1 is 1.35 bits per heavy atom. The van der Waals surface area contributed by atoms with E-state index >= 15 is 0 Å². The lowest BCUT2D eigenvalue weighted by atomic mass is 10.1. The molecule has 0 saturated heterocycles. The summed E-state index contributed by atoms with van der Waals surface area (Å²) >= 11 is 0. The summed E-state index contributed by atoms with van der Waals surface area (Å²) in [6, 6.07) is 2.89. The number of alkyl halides is 3. The van der Waals surface area contributed by atoms with Gasteiger partial charge in [0.05, 0.1) is 18.9 Å². The Hall–Kier alpha value is -2.91. The van der Waals surface area contributed by atoms with Gasteiger partial charge in [0.15, 0.2) is 5.82 Å². The average molecular weight is 331 g/mol. The number of nitrogens with zero attached hydrogens (tertiary/aromatic N) is 3. The first-order valence-corrected chi connectivity index (χ1v) is 5.99. The van der Waals surface area contributed by atoms with Gasteiger partial charge in [-0.2, -0.15) is 17.6 Å². The number of carboxylic acid groups (broad SMARTS) is 1. The van der Waals surface area contributed by atoms with Gasteiger partial charge in [-0.3, -0.25) is 0 Å². The molecular weight excluding hydrogens is 322 g/mol. The van der Waals surface area contributed by atoms with Crippen LogP contribution in [0.15, 0.2) is 30.4 Å². The number of hydrogen-bond donors (Lipinski definition) is 1. The highest BCUT2D eigenvalue weighted by molar-refractivity contribution is 5.87. The number of aliphatic carboxylic acids is 1. The van der Waals surface area contributed by atoms with Gasteiger partial charge in [-0.15, -0.1) is 5.10 Å². The Kier molecular flexibility index (Phi) is 4.34. The van der Waals surface area contributed by atoms with Gasteiger partial charge in [-0.1, -0.05) is 0 Å². The zero-order valence-electron chi connectivity index (χ0n) is 11.5. The minimum absolute atomic E-state index is 0.0143. The van der Waals surface area contributed by atoms with Crippen molar-refractivity contribution >= 4 is 12.2 Å². The molecule has 0 fully saturated rings. The lowest BCUT2D eigenvalue weighted by Crippen LogP contribution is -2.05. The number of aromatic nitrogens is 3. The van der Waals surface area contributed by atoms with Crippen molar-refractivity contribution in [3.63, 3.8) is 0 Å². The molecule has 2 rings (SSSR count). The van der Waals surface area contributed by atoms with E-state index in [-0.39, 0.29) is 17.1 Å². The Morgan fingerprint density at radius 3 is 2.61 bits per heavy atom. The summed E-state index contributed by atoms with van der Waals surface area (Å²) in [7, 11) is 1.20. The Labute approximate surface area is 126 Å². The number of carboxylic acids is 1. The van der Waals surface area contributed by atoms with Crippen LogP contribution in [0.2, 0.25) is 0 Å². The highest BCUT2D eigenvalue weighted by Gasteiger charge is 2.31. The number of halogens is 4. The number of hydrogen-bond acceptors (Lipinski definition) is 4. The molecule has 1 aromatic carbocycles. The predicted molar refractivity (Wildman–Crippen MR) is 70.0 cm³/mol. The van der Waals surface area contributed by atoms with E-state index in [1.165, 1.54) is 13.2 Å². The molecule has 0 unspecified atom stereocenters. The van der Waals surface area contributed by atoms with Crippen molar-refractivity contribution in [3.05, 3.63) is 35.9 Å². The van der Waals surface area contributed by atoms with Crippen LogP contribution in [0.3, 0.4) is 0 Å². The van der Waals surface area contributed by atoms with Crippen molar-refractivity contribution in [1.82, 2.24) is 14.8 Å². The van der Waals surface area contributed by atoms with Crippen LogP contribution in [0.25, 0.3) is 17.6 Å². The predicted octanol–water partition coefficient (Wildman–Crippen LogP) is 2.83. The van der Waals surface area contributed by atoms with Gasteiger partial charge in [0, 0.05) is 5.56 Å². The maximum atomic E-state index is 13.0. The van der Waals surface area contributed by atoms with Crippen LogP contribution in [0.4, 0.5) is 17.6 Å². The second-order valence-corrected chi connectivity index (χ2v) is 4.28. The van der Waals surface area contributed by atoms with Gasteiger partial charge in [0.1, 0.15) is 12.1 Å². The fraction of sp³-hybridized carbons (Fsp3) is 0.154. The van der Waals surface area contributed by atoms with Crippen molar-refractivity contribution in [3.8, 4) is 17.1 Å². The largest absolute Gasteiger partial charge is 0.497 e. The smallest absolute Gasteiger partial charge is 0.416 e. The molecule has 0 aliphatic rings. The summed E-state index contributed by atoms with van der Waals surface area (Å²) in [4.78, 5) is 14.1. The second kappa shape index (κ2) is 6.07. The molecule has 0 saturated carbocycles. The zero-order chi connectivity index (χ0) is 17.2. The van der Waals surface area contributed by atoms with Crippen LogP contribution in [0.1, 0.15) is 5.56 Å². The third kappa shape index (κ3) is 3.84. The van der Waals surface area contributed by atoms with E-state index in [4.69, 9.17) is 9.84 Å². The average Bonchev–Trinajstić information content (AvgIpc) is 2.94. The van der Waals surface area contributed by atoms with Crippen LogP contribution in [0.5, 0.6) is 5.75 Å². The van der Waals surface area contributed by atoms with Gasteiger partial charge >= 0.3 is 12.1 Å². The van der Waals surface area contributed by atoms with Crippen molar-refractivity contribution in [1.29, 1.82) is 0 Å². The summed E-state index contributed by atoms with van der Waals surface area (Å²) in [6.07, 6.45) is -3.10. The lowest BCUT2D eigenvalue weighted by molar-refractivity contribution is -0.137. The Balaban J connectivity index is 2.45. The first-order valence-electron chi connectivity index (χ1n) is 5.99. The van der Waals surface area contributed by atoms with Crippen molar-refractivity contribution in [2.24, 2.45) is 0 Å². The monoisotopic (exact) mass is 331 g/mol. The quantitative estimate of drug-likeness (QED) is 0.688. The summed E-state index contributed by atoms with van der Waals surface area (Å²) in [5, 5.41) is 12.1. The summed E-state index contributed by atoms with van der Waals surface area (Å²) in [5.74, 6) is -3.51. The standard InChI is InChI=1S/C13H9F4N3O3/c1-23-9-3-7(2-8(4-9)13(15,16)17)11-18-6-20(19-11)5-10(14)12(21)22/h2-6H,1H3,(H,21,22). The van der Waals surface area contributed by atoms with Gasteiger partial charge < -0.3 is 9.84 Å². The molecule has 0 amide bonds. The van der Waals surface area contributed by atoms with E-state index < -0.39 is 23.5 Å².